The summed E-state index contributed by atoms with van der Waals surface area (Å²) in [6, 6.07) is 0.884. The van der Waals surface area contributed by atoms with Gasteiger partial charge >= 0.3 is 0 Å². The minimum Gasteiger partial charge on any atom is -0.319 e. The number of nitrogens with one attached hydrogen (secondary N) is 1. The number of likely N-dealkylation sites (tertiary alicyclic amines) is 1. The molecule has 0 aromatic carbocycles. The quantitative estimate of drug-likeness (QED) is 0.786. The van der Waals surface area contributed by atoms with E-state index in [1.807, 2.05) is 0 Å². The Morgan fingerprint density at radius 3 is 2.53 bits per heavy atom. The molecule has 0 amide bonds. The minimum atomic E-state index is 0.508. The molecule has 0 aromatic heterocycles. The third kappa shape index (κ3) is 4.19. The normalized spacial score (nSPS) is 34.4. The average Bonchev–Trinajstić information content (AvgIpc) is 2.64. The Morgan fingerprint density at radius 2 is 1.84 bits per heavy atom. The van der Waals surface area contributed by atoms with Gasteiger partial charge in [-0.1, -0.05) is 27.2 Å². The lowest BCUT2D eigenvalue weighted by Gasteiger charge is -2.30. The summed E-state index contributed by atoms with van der Waals surface area (Å²) in [6.07, 6.45) is 8.63. The molecular weight excluding hydrogens is 232 g/mol. The molecule has 0 aromatic rings. The molecule has 3 unspecified atom stereocenters. The van der Waals surface area contributed by atoms with E-state index in [0.29, 0.717) is 5.41 Å². The van der Waals surface area contributed by atoms with Crippen molar-refractivity contribution in [1.29, 1.82) is 0 Å². The van der Waals surface area contributed by atoms with Crippen LogP contribution in [0.4, 0.5) is 0 Å². The molecule has 19 heavy (non-hydrogen) atoms. The van der Waals surface area contributed by atoms with Gasteiger partial charge in [0, 0.05) is 12.6 Å². The van der Waals surface area contributed by atoms with Gasteiger partial charge in [-0.3, -0.25) is 0 Å². The van der Waals surface area contributed by atoms with Crippen molar-refractivity contribution in [3.8, 4) is 0 Å². The Bertz CT molecular complexity index is 269. The summed E-state index contributed by atoms with van der Waals surface area (Å²) in [7, 11) is 2.09. The van der Waals surface area contributed by atoms with E-state index in [9.17, 15) is 0 Å². The fraction of sp³-hybridized carbons (Fsp3) is 1.00. The molecule has 1 saturated carbocycles. The van der Waals surface area contributed by atoms with Crippen molar-refractivity contribution in [3.05, 3.63) is 0 Å². The van der Waals surface area contributed by atoms with Gasteiger partial charge in [-0.25, -0.2) is 0 Å². The van der Waals surface area contributed by atoms with Gasteiger partial charge in [0.1, 0.15) is 0 Å². The molecule has 1 saturated heterocycles. The molecule has 2 heteroatoms. The van der Waals surface area contributed by atoms with Crippen LogP contribution >= 0.6 is 0 Å². The topological polar surface area (TPSA) is 15.3 Å². The van der Waals surface area contributed by atoms with Crippen LogP contribution in [0.5, 0.6) is 0 Å². The second-order valence-corrected chi connectivity index (χ2v) is 7.93. The van der Waals surface area contributed by atoms with E-state index >= 15 is 0 Å². The van der Waals surface area contributed by atoms with E-state index in [4.69, 9.17) is 0 Å². The maximum Gasteiger partial charge on any atom is 0.00954 e. The zero-order valence-corrected chi connectivity index (χ0v) is 13.5. The monoisotopic (exact) mass is 266 g/mol. The lowest BCUT2D eigenvalue weighted by Crippen LogP contribution is -2.34. The fourth-order valence-corrected chi connectivity index (χ4v) is 4.16. The Balaban J connectivity index is 1.83. The van der Waals surface area contributed by atoms with Crippen LogP contribution in [0.1, 0.15) is 59.3 Å². The molecule has 1 aliphatic heterocycles. The second-order valence-electron chi connectivity index (χ2n) is 7.93. The Labute approximate surface area is 120 Å². The van der Waals surface area contributed by atoms with Crippen LogP contribution in [0.25, 0.3) is 0 Å². The van der Waals surface area contributed by atoms with E-state index in [-0.39, 0.29) is 0 Å². The summed E-state index contributed by atoms with van der Waals surface area (Å²) in [4.78, 5) is 2.80. The number of hydrogen-bond acceptors (Lipinski definition) is 2. The predicted octanol–water partition coefficient (Wildman–Crippen LogP) is 3.52. The van der Waals surface area contributed by atoms with Crippen molar-refractivity contribution >= 4 is 0 Å². The summed E-state index contributed by atoms with van der Waals surface area (Å²) in [5.41, 5.74) is 0.508. The highest BCUT2D eigenvalue weighted by molar-refractivity contribution is 4.86. The number of hydrogen-bond donors (Lipinski definition) is 1. The molecule has 112 valence electrons. The maximum atomic E-state index is 3.35. The molecule has 0 radical (unpaired) electrons. The number of rotatable bonds is 3. The van der Waals surface area contributed by atoms with Crippen molar-refractivity contribution in [2.75, 3.05) is 26.7 Å². The lowest BCUT2D eigenvalue weighted by atomic mass is 9.76. The van der Waals surface area contributed by atoms with Gasteiger partial charge < -0.3 is 10.2 Å². The van der Waals surface area contributed by atoms with Gasteiger partial charge in [-0.15, -0.1) is 0 Å². The molecule has 3 atom stereocenters. The van der Waals surface area contributed by atoms with Gasteiger partial charge in [0.2, 0.25) is 0 Å². The average molecular weight is 266 g/mol. The molecule has 2 rings (SSSR count). The van der Waals surface area contributed by atoms with Gasteiger partial charge in [0.05, 0.1) is 0 Å². The van der Waals surface area contributed by atoms with Crippen LogP contribution in [0.2, 0.25) is 0 Å². The first-order valence-electron chi connectivity index (χ1n) is 8.39. The van der Waals surface area contributed by atoms with Gasteiger partial charge in [0.25, 0.3) is 0 Å². The third-order valence-corrected chi connectivity index (χ3v) is 5.49. The summed E-state index contributed by atoms with van der Waals surface area (Å²) in [6.45, 7) is 11.2. The minimum absolute atomic E-state index is 0.508. The number of nitrogens with zero attached hydrogens (tertiary/aromatic N) is 1. The van der Waals surface area contributed by atoms with Crippen molar-refractivity contribution in [1.82, 2.24) is 10.2 Å². The van der Waals surface area contributed by atoms with Crippen LogP contribution in [0, 0.1) is 17.3 Å². The van der Waals surface area contributed by atoms with Crippen molar-refractivity contribution < 1.29 is 0 Å². The van der Waals surface area contributed by atoms with Crippen molar-refractivity contribution in [3.63, 3.8) is 0 Å². The van der Waals surface area contributed by atoms with E-state index in [2.05, 4.69) is 38.0 Å². The molecule has 1 heterocycles. The molecule has 0 spiro atoms. The summed E-state index contributed by atoms with van der Waals surface area (Å²) in [5.74, 6) is 1.83. The Morgan fingerprint density at radius 1 is 1.05 bits per heavy atom. The van der Waals surface area contributed by atoms with Crippen LogP contribution in [0.3, 0.4) is 0 Å². The first kappa shape index (κ1) is 15.3. The zero-order valence-electron chi connectivity index (χ0n) is 13.5. The second kappa shape index (κ2) is 6.58. The predicted molar refractivity (Wildman–Crippen MR) is 83.4 cm³/mol. The summed E-state index contributed by atoms with van der Waals surface area (Å²) in [5, 5.41) is 3.35. The molecular formula is C17H34N2. The van der Waals surface area contributed by atoms with E-state index in [0.717, 1.165) is 17.9 Å². The largest absolute Gasteiger partial charge is 0.319 e. The highest BCUT2D eigenvalue weighted by Crippen LogP contribution is 2.38. The zero-order chi connectivity index (χ0) is 13.9. The van der Waals surface area contributed by atoms with Crippen LogP contribution in [-0.4, -0.2) is 37.6 Å². The Hall–Kier alpha value is -0.0800. The molecule has 2 nitrogen and oxygen atoms in total. The van der Waals surface area contributed by atoms with E-state index < -0.39 is 0 Å². The maximum absolute atomic E-state index is 3.35. The van der Waals surface area contributed by atoms with Crippen LogP contribution < -0.4 is 5.32 Å². The first-order chi connectivity index (χ1) is 9.00. The lowest BCUT2D eigenvalue weighted by molar-refractivity contribution is 0.191. The third-order valence-electron chi connectivity index (χ3n) is 5.49. The van der Waals surface area contributed by atoms with Crippen molar-refractivity contribution in [2.45, 2.75) is 65.3 Å². The SMILES string of the molecule is CNCC1CCN(C2CCCC(C(C)(C)C)CC2)C1. The Kier molecular flexibility index (Phi) is 5.30. The van der Waals surface area contributed by atoms with Crippen LogP contribution in [-0.2, 0) is 0 Å². The van der Waals surface area contributed by atoms with Crippen LogP contribution in [0.15, 0.2) is 0 Å². The van der Waals surface area contributed by atoms with Crippen molar-refractivity contribution in [2.24, 2.45) is 17.3 Å². The highest BCUT2D eigenvalue weighted by atomic mass is 15.2. The van der Waals surface area contributed by atoms with Gasteiger partial charge in [-0.2, -0.15) is 0 Å². The van der Waals surface area contributed by atoms with E-state index in [1.165, 1.54) is 58.2 Å². The highest BCUT2D eigenvalue weighted by Gasteiger charge is 2.32. The molecule has 0 bridgehead atoms. The smallest absolute Gasteiger partial charge is 0.00954 e. The fourth-order valence-electron chi connectivity index (χ4n) is 4.16. The first-order valence-corrected chi connectivity index (χ1v) is 8.39. The van der Waals surface area contributed by atoms with Gasteiger partial charge in [0.15, 0.2) is 0 Å². The van der Waals surface area contributed by atoms with E-state index in [1.54, 1.807) is 0 Å². The summed E-state index contributed by atoms with van der Waals surface area (Å²) < 4.78 is 0. The van der Waals surface area contributed by atoms with Gasteiger partial charge in [-0.05, 0) is 69.5 Å². The standard InChI is InChI=1S/C17H34N2/c1-17(2,3)15-6-5-7-16(9-8-15)19-11-10-14(13-19)12-18-4/h14-16,18H,5-13H2,1-4H3. The molecule has 2 fully saturated rings. The summed E-state index contributed by atoms with van der Waals surface area (Å²) >= 11 is 0. The molecule has 1 aliphatic carbocycles. The molecule has 1 N–H and O–H groups in total. The molecule has 2 aliphatic rings.